The molecule has 2 aromatic carbocycles. The van der Waals surface area contributed by atoms with E-state index in [2.05, 4.69) is 5.43 Å². The topological polar surface area (TPSA) is 32.3 Å². The molecule has 1 amide bonds. The number of benzene rings is 2. The van der Waals surface area contributed by atoms with Crippen molar-refractivity contribution in [3.05, 3.63) is 47.5 Å². The molecule has 1 aliphatic heterocycles. The molecule has 0 radical (unpaired) electrons. The highest BCUT2D eigenvalue weighted by atomic mass is 19.4. The van der Waals surface area contributed by atoms with Crippen molar-refractivity contribution in [1.82, 2.24) is 10.4 Å². The van der Waals surface area contributed by atoms with Gasteiger partial charge in [0, 0.05) is 6.54 Å². The summed E-state index contributed by atoms with van der Waals surface area (Å²) in [5, 5.41) is 2.36. The molecule has 0 spiro atoms. The molecule has 0 bridgehead atoms. The summed E-state index contributed by atoms with van der Waals surface area (Å²) in [6.45, 7) is 5.21. The van der Waals surface area contributed by atoms with E-state index in [9.17, 15) is 18.0 Å². The van der Waals surface area contributed by atoms with E-state index in [4.69, 9.17) is 0 Å². The van der Waals surface area contributed by atoms with Crippen LogP contribution in [0.25, 0.3) is 10.8 Å². The summed E-state index contributed by atoms with van der Waals surface area (Å²) in [6.07, 6.45) is -3.87. The minimum absolute atomic E-state index is 0.000684. The number of hydrogen-bond donors (Lipinski definition) is 1. The quantitative estimate of drug-likeness (QED) is 0.891. The second-order valence-electron chi connectivity index (χ2n) is 7.16. The molecule has 6 heteroatoms. The molecule has 2 aromatic rings. The molecular formula is C19H21F3N2O. The molecular weight excluding hydrogens is 329 g/mol. The van der Waals surface area contributed by atoms with E-state index in [1.165, 1.54) is 0 Å². The lowest BCUT2D eigenvalue weighted by molar-refractivity contribution is -0.191. The van der Waals surface area contributed by atoms with Crippen LogP contribution in [0.4, 0.5) is 13.2 Å². The van der Waals surface area contributed by atoms with Crippen molar-refractivity contribution in [2.45, 2.75) is 39.4 Å². The molecule has 1 fully saturated rings. The fourth-order valence-electron chi connectivity index (χ4n) is 3.33. The Kier molecular flexibility index (Phi) is 4.27. The minimum atomic E-state index is -4.51. The summed E-state index contributed by atoms with van der Waals surface area (Å²) < 4.78 is 42.0. The van der Waals surface area contributed by atoms with Crippen LogP contribution in [0.3, 0.4) is 0 Å². The molecule has 0 unspecified atom stereocenters. The van der Waals surface area contributed by atoms with Crippen molar-refractivity contribution in [3.63, 3.8) is 0 Å². The molecule has 1 N–H and O–H groups in total. The molecule has 0 aromatic heterocycles. The number of carbonyl (C=O) groups is 1. The molecule has 1 aliphatic rings. The van der Waals surface area contributed by atoms with E-state index in [-0.39, 0.29) is 12.1 Å². The first-order valence-electron chi connectivity index (χ1n) is 8.29. The average molecular weight is 350 g/mol. The molecule has 3 rings (SSSR count). The normalized spacial score (nSPS) is 19.2. The summed E-state index contributed by atoms with van der Waals surface area (Å²) in [5.41, 5.74) is 2.59. The van der Waals surface area contributed by atoms with Gasteiger partial charge in [0.25, 0.3) is 0 Å². The van der Waals surface area contributed by atoms with Gasteiger partial charge in [0.15, 0.2) is 6.04 Å². The van der Waals surface area contributed by atoms with Gasteiger partial charge >= 0.3 is 6.18 Å². The smallest absolute Gasteiger partial charge is 0.287 e. The maximum atomic E-state index is 14.0. The number of aryl methyl sites for hydroxylation is 1. The summed E-state index contributed by atoms with van der Waals surface area (Å²) in [5.74, 6) is -0.391. The zero-order valence-electron chi connectivity index (χ0n) is 14.4. The van der Waals surface area contributed by atoms with Crippen molar-refractivity contribution in [3.8, 4) is 0 Å². The summed E-state index contributed by atoms with van der Waals surface area (Å²) in [6, 6.07) is 8.71. The summed E-state index contributed by atoms with van der Waals surface area (Å²) >= 11 is 0. The predicted octanol–water partition coefficient (Wildman–Crippen LogP) is 4.38. The van der Waals surface area contributed by atoms with Crippen LogP contribution in [0, 0.1) is 5.41 Å². The molecule has 3 nitrogen and oxygen atoms in total. The highest BCUT2D eigenvalue weighted by Crippen LogP contribution is 2.43. The standard InChI is InChI=1S/C19H21F3N2O/c1-4-12-9-13-7-5-6-8-14(13)15(10-12)16(19(20,21)22)24-11-18(2,3)17(25)23-24/h5-10,16H,4,11H2,1-3H3,(H,23,25)/t16-/m0/s1. The van der Waals surface area contributed by atoms with Crippen LogP contribution in [0.2, 0.25) is 0 Å². The minimum Gasteiger partial charge on any atom is -0.287 e. The van der Waals surface area contributed by atoms with Crippen molar-refractivity contribution in [2.75, 3.05) is 6.54 Å². The van der Waals surface area contributed by atoms with Gasteiger partial charge in [-0.15, -0.1) is 0 Å². The predicted molar refractivity (Wildman–Crippen MR) is 90.8 cm³/mol. The fraction of sp³-hybridized carbons (Fsp3) is 0.421. The summed E-state index contributed by atoms with van der Waals surface area (Å²) in [7, 11) is 0. The van der Waals surface area contributed by atoms with Crippen LogP contribution in [-0.2, 0) is 11.2 Å². The largest absolute Gasteiger partial charge is 0.409 e. The second-order valence-corrected chi connectivity index (χ2v) is 7.16. The third-order valence-corrected chi connectivity index (χ3v) is 4.70. The lowest BCUT2D eigenvalue weighted by Gasteiger charge is -2.31. The van der Waals surface area contributed by atoms with Crippen LogP contribution < -0.4 is 5.43 Å². The Morgan fingerprint density at radius 1 is 1.24 bits per heavy atom. The number of fused-ring (bicyclic) bond motifs is 1. The zero-order valence-corrected chi connectivity index (χ0v) is 14.4. The molecule has 1 saturated heterocycles. The van der Waals surface area contributed by atoms with Crippen LogP contribution >= 0.6 is 0 Å². The number of halogens is 3. The molecule has 1 heterocycles. The van der Waals surface area contributed by atoms with Gasteiger partial charge in [-0.3, -0.25) is 10.2 Å². The van der Waals surface area contributed by atoms with Crippen molar-refractivity contribution >= 4 is 16.7 Å². The lowest BCUT2D eigenvalue weighted by Crippen LogP contribution is -2.43. The SMILES string of the molecule is CCc1cc([C@H](N2CC(C)(C)C(=O)N2)C(F)(F)F)c2ccccc2c1. The van der Waals surface area contributed by atoms with Crippen molar-refractivity contribution < 1.29 is 18.0 Å². The van der Waals surface area contributed by atoms with Gasteiger partial charge < -0.3 is 0 Å². The lowest BCUT2D eigenvalue weighted by atomic mass is 9.92. The Bertz CT molecular complexity index is 814. The molecule has 1 atom stereocenters. The van der Waals surface area contributed by atoms with Crippen LogP contribution in [-0.4, -0.2) is 23.6 Å². The number of rotatable bonds is 3. The van der Waals surface area contributed by atoms with Crippen LogP contribution in [0.15, 0.2) is 36.4 Å². The average Bonchev–Trinajstić information content (AvgIpc) is 2.78. The molecule has 0 aliphatic carbocycles. The first-order valence-corrected chi connectivity index (χ1v) is 8.29. The van der Waals surface area contributed by atoms with E-state index >= 15 is 0 Å². The maximum absolute atomic E-state index is 14.0. The molecule has 134 valence electrons. The summed E-state index contributed by atoms with van der Waals surface area (Å²) in [4.78, 5) is 12.0. The first-order chi connectivity index (χ1) is 11.6. The number of nitrogens with one attached hydrogen (secondary N) is 1. The Morgan fingerprint density at radius 2 is 1.92 bits per heavy atom. The number of hydrazine groups is 1. The van der Waals surface area contributed by atoms with Gasteiger partial charge in [0.1, 0.15) is 0 Å². The number of nitrogens with zero attached hydrogens (tertiary/aromatic N) is 1. The number of carbonyl (C=O) groups excluding carboxylic acids is 1. The van der Waals surface area contributed by atoms with E-state index in [1.54, 1.807) is 32.0 Å². The number of alkyl halides is 3. The Balaban J connectivity index is 2.18. The Morgan fingerprint density at radius 3 is 2.48 bits per heavy atom. The van der Waals surface area contributed by atoms with Gasteiger partial charge in [-0.2, -0.15) is 13.2 Å². The Labute approximate surface area is 144 Å². The van der Waals surface area contributed by atoms with Gasteiger partial charge in [-0.1, -0.05) is 43.3 Å². The first kappa shape index (κ1) is 17.7. The van der Waals surface area contributed by atoms with Gasteiger partial charge in [-0.05, 0) is 42.2 Å². The molecule has 0 saturated carbocycles. The zero-order chi connectivity index (χ0) is 18.4. The maximum Gasteiger partial charge on any atom is 0.409 e. The van der Waals surface area contributed by atoms with Crippen molar-refractivity contribution in [2.24, 2.45) is 5.41 Å². The second kappa shape index (κ2) is 6.02. The van der Waals surface area contributed by atoms with Crippen molar-refractivity contribution in [1.29, 1.82) is 0 Å². The van der Waals surface area contributed by atoms with Gasteiger partial charge in [-0.25, -0.2) is 5.01 Å². The van der Waals surface area contributed by atoms with Crippen LogP contribution in [0.1, 0.15) is 37.9 Å². The third kappa shape index (κ3) is 3.23. The van der Waals surface area contributed by atoms with E-state index in [0.717, 1.165) is 16.0 Å². The number of amides is 1. The highest BCUT2D eigenvalue weighted by Gasteiger charge is 2.51. The van der Waals surface area contributed by atoms with E-state index in [1.807, 2.05) is 25.1 Å². The molecule has 25 heavy (non-hydrogen) atoms. The Hall–Kier alpha value is -2.08. The van der Waals surface area contributed by atoms with Crippen LogP contribution in [0.5, 0.6) is 0 Å². The highest BCUT2D eigenvalue weighted by molar-refractivity contribution is 5.87. The van der Waals surface area contributed by atoms with E-state index < -0.39 is 23.5 Å². The van der Waals surface area contributed by atoms with Gasteiger partial charge in [0.05, 0.1) is 5.41 Å². The third-order valence-electron chi connectivity index (χ3n) is 4.70. The van der Waals surface area contributed by atoms with E-state index in [0.29, 0.717) is 11.8 Å². The number of hydrogen-bond acceptors (Lipinski definition) is 2. The fourth-order valence-corrected chi connectivity index (χ4v) is 3.33. The monoisotopic (exact) mass is 350 g/mol. The van der Waals surface area contributed by atoms with Gasteiger partial charge in [0.2, 0.25) is 5.91 Å².